The van der Waals surface area contributed by atoms with Gasteiger partial charge in [-0.05, 0) is 6.07 Å². The van der Waals surface area contributed by atoms with Crippen LogP contribution in [0.2, 0.25) is 13.1 Å². The van der Waals surface area contributed by atoms with Crippen LogP contribution in [0.25, 0.3) is 21.9 Å². The van der Waals surface area contributed by atoms with E-state index in [0.29, 0.717) is 10.8 Å². The second-order valence-electron chi connectivity index (χ2n) is 8.44. The Hall–Kier alpha value is -1.06. The number of hydrogen-bond donors (Lipinski definition) is 0. The Kier molecular flexibility index (Phi) is 10.7. The van der Waals surface area contributed by atoms with Crippen molar-refractivity contribution >= 4 is 33.2 Å². The van der Waals surface area contributed by atoms with Gasteiger partial charge in [-0.2, -0.15) is 28.3 Å². The van der Waals surface area contributed by atoms with Crippen molar-refractivity contribution in [2.45, 2.75) is 47.7 Å². The smallest absolute Gasteiger partial charge is 0.107 e. The van der Waals surface area contributed by atoms with E-state index in [9.17, 15) is 8.78 Å². The van der Waals surface area contributed by atoms with Crippen LogP contribution in [0.5, 0.6) is 0 Å². The average molecular weight is 583 g/mol. The Bertz CT molecular complexity index is 1230. The van der Waals surface area contributed by atoms with Crippen molar-refractivity contribution in [3.05, 3.63) is 94.0 Å². The van der Waals surface area contributed by atoms with Gasteiger partial charge in [0.1, 0.15) is 5.82 Å². The molecule has 0 amide bonds. The van der Waals surface area contributed by atoms with E-state index in [1.165, 1.54) is 28.3 Å². The van der Waals surface area contributed by atoms with E-state index in [-0.39, 0.29) is 5.43 Å². The third kappa shape index (κ3) is 7.46. The van der Waals surface area contributed by atoms with Gasteiger partial charge in [-0.25, -0.2) is 4.39 Å². The molecule has 0 aliphatic carbocycles. The minimum Gasteiger partial charge on any atom is -0.265 e. The first-order valence-electron chi connectivity index (χ1n) is 10.7. The molecule has 4 aromatic rings. The second-order valence-corrected chi connectivity index (χ2v) is 31.4. The molecule has 0 aliphatic heterocycles. The standard InChI is InChI=1S/C16H11F2.C9H13.C2H6Si.2ClH.Zr/c1-10-7-13-14(8-12(17)9-15(13)18)16(10)11-5-3-2-4-6-11;1-6-5-7(2)9(4)8(6)3;1-3-2;;;/h2-9H,1H3;5H,1-4H3;1-2H3;2*1H;/q2*-1;;;;+2/p-2. The van der Waals surface area contributed by atoms with Gasteiger partial charge in [0.05, 0.1) is 0 Å². The van der Waals surface area contributed by atoms with Gasteiger partial charge in [0.15, 0.2) is 0 Å². The molecular formula is C27H30Cl2F2SiZr-2. The predicted octanol–water partition coefficient (Wildman–Crippen LogP) is 9.61. The minimum atomic E-state index is -1.65. The Morgan fingerprint density at radius 1 is 0.788 bits per heavy atom. The molecule has 0 spiro atoms. The molecule has 0 atom stereocenters. The summed E-state index contributed by atoms with van der Waals surface area (Å²) in [5, 5.41) is 1.11. The van der Waals surface area contributed by atoms with E-state index < -0.39 is 29.6 Å². The Balaban J connectivity index is 0.000000215. The maximum Gasteiger partial charge on any atom is 0.107 e. The maximum absolute atomic E-state index is 13.7. The van der Waals surface area contributed by atoms with Crippen LogP contribution >= 0.6 is 17.0 Å². The molecule has 176 valence electrons. The Labute approximate surface area is 211 Å². The number of hydrogen-bond acceptors (Lipinski definition) is 0. The monoisotopic (exact) mass is 580 g/mol. The SMILES string of the molecule is C[Si](C)=[Zr]([Cl])[Cl].Cc1[cH-]c(C)c(C)c1C.Cc1[cH-]c2c(F)cc(F)cc2c1-c1ccccc1. The summed E-state index contributed by atoms with van der Waals surface area (Å²) in [5.74, 6) is -1.04. The molecular weight excluding hydrogens is 553 g/mol. The first-order valence-corrected chi connectivity index (χ1v) is 23.2. The molecule has 0 nitrogen and oxygen atoms in total. The molecule has 33 heavy (non-hydrogen) atoms. The van der Waals surface area contributed by atoms with E-state index in [1.54, 1.807) is 6.07 Å². The normalized spacial score (nSPS) is 10.3. The van der Waals surface area contributed by atoms with Crippen molar-refractivity contribution in [2.75, 3.05) is 0 Å². The molecule has 0 N–H and O–H groups in total. The van der Waals surface area contributed by atoms with E-state index in [2.05, 4.69) is 46.9 Å². The number of fused-ring (bicyclic) bond motifs is 1. The van der Waals surface area contributed by atoms with Crippen molar-refractivity contribution in [3.63, 3.8) is 0 Å². The van der Waals surface area contributed by atoms with Gasteiger partial charge in [-0.1, -0.05) is 76.6 Å². The maximum atomic E-state index is 13.7. The van der Waals surface area contributed by atoms with Crippen LogP contribution in [0.4, 0.5) is 8.78 Å². The summed E-state index contributed by atoms with van der Waals surface area (Å²) in [5.41, 5.74) is 8.37. The number of halogens is 4. The topological polar surface area (TPSA) is 0 Å². The summed E-state index contributed by atoms with van der Waals surface area (Å²) in [4.78, 5) is 0. The molecule has 0 bridgehead atoms. The molecule has 0 fully saturated rings. The van der Waals surface area contributed by atoms with Crippen molar-refractivity contribution in [1.82, 2.24) is 0 Å². The van der Waals surface area contributed by atoms with E-state index >= 15 is 0 Å². The number of benzene rings is 2. The molecule has 0 heterocycles. The fraction of sp³-hybridized carbons (Fsp3) is 0.259. The van der Waals surface area contributed by atoms with Crippen LogP contribution in [0, 0.1) is 46.3 Å². The second kappa shape index (κ2) is 12.6. The molecule has 4 aromatic carbocycles. The average Bonchev–Trinajstić information content (AvgIpc) is 3.20. The van der Waals surface area contributed by atoms with Gasteiger partial charge < -0.3 is 0 Å². The third-order valence-electron chi connectivity index (χ3n) is 5.74. The summed E-state index contributed by atoms with van der Waals surface area (Å²) in [6.45, 7) is 14.9. The first-order chi connectivity index (χ1) is 15.4. The van der Waals surface area contributed by atoms with Gasteiger partial charge in [-0.3, -0.25) is 4.39 Å². The molecule has 0 aromatic heterocycles. The summed E-state index contributed by atoms with van der Waals surface area (Å²) >= 11 is -1.65. The fourth-order valence-corrected chi connectivity index (χ4v) is 3.56. The van der Waals surface area contributed by atoms with Crippen molar-refractivity contribution < 1.29 is 26.8 Å². The van der Waals surface area contributed by atoms with Gasteiger partial charge in [0, 0.05) is 5.82 Å². The minimum absolute atomic E-state index is 0.224. The quantitative estimate of drug-likeness (QED) is 0.155. The van der Waals surface area contributed by atoms with Crippen LogP contribution < -0.4 is 0 Å². The fourth-order valence-electron chi connectivity index (χ4n) is 3.56. The van der Waals surface area contributed by atoms with Crippen LogP contribution in [-0.2, 0) is 18.0 Å². The predicted molar refractivity (Wildman–Crippen MR) is 140 cm³/mol. The van der Waals surface area contributed by atoms with Gasteiger partial charge in [0.25, 0.3) is 0 Å². The molecule has 6 heteroatoms. The summed E-state index contributed by atoms with van der Waals surface area (Å²) < 4.78 is 27.1. The molecule has 4 rings (SSSR count). The van der Waals surface area contributed by atoms with Crippen LogP contribution in [0.3, 0.4) is 0 Å². The summed E-state index contributed by atoms with van der Waals surface area (Å²) in [6.07, 6.45) is 0. The largest absolute Gasteiger partial charge is 0.265 e. The van der Waals surface area contributed by atoms with Crippen LogP contribution in [-0.4, -0.2) is 5.43 Å². The summed E-state index contributed by atoms with van der Waals surface area (Å²) in [6, 6.07) is 16.0. The zero-order valence-corrected chi connectivity index (χ0v) is 25.2. The molecule has 0 radical (unpaired) electrons. The van der Waals surface area contributed by atoms with E-state index in [1.807, 2.05) is 37.3 Å². The zero-order chi connectivity index (χ0) is 24.9. The van der Waals surface area contributed by atoms with Crippen molar-refractivity contribution in [2.24, 2.45) is 0 Å². The van der Waals surface area contributed by atoms with Crippen LogP contribution in [0.15, 0.2) is 54.6 Å². The Morgan fingerprint density at radius 3 is 1.73 bits per heavy atom. The molecule has 0 saturated carbocycles. The van der Waals surface area contributed by atoms with E-state index in [4.69, 9.17) is 17.0 Å². The van der Waals surface area contributed by atoms with Gasteiger partial charge in [0.2, 0.25) is 0 Å². The first kappa shape index (κ1) is 28.2. The van der Waals surface area contributed by atoms with Crippen LogP contribution in [0.1, 0.15) is 27.8 Å². The Morgan fingerprint density at radius 2 is 1.30 bits per heavy atom. The molecule has 0 saturated heterocycles. The zero-order valence-electron chi connectivity index (χ0n) is 20.2. The van der Waals surface area contributed by atoms with Crippen molar-refractivity contribution in [3.8, 4) is 11.1 Å². The van der Waals surface area contributed by atoms with Gasteiger partial charge >= 0.3 is 53.5 Å². The molecule has 0 aliphatic rings. The van der Waals surface area contributed by atoms with Gasteiger partial charge in [-0.15, -0.1) is 28.0 Å². The number of rotatable bonds is 1. The third-order valence-corrected chi connectivity index (χ3v) is 25.5. The number of aryl methyl sites for hydroxylation is 3. The summed E-state index contributed by atoms with van der Waals surface area (Å²) in [7, 11) is 11.2. The van der Waals surface area contributed by atoms with E-state index in [0.717, 1.165) is 22.8 Å². The molecule has 0 unspecified atom stereocenters. The van der Waals surface area contributed by atoms with Crippen molar-refractivity contribution in [1.29, 1.82) is 0 Å².